The Labute approximate surface area is 212 Å². The van der Waals surface area contributed by atoms with Gasteiger partial charge in [0, 0.05) is 23.2 Å². The van der Waals surface area contributed by atoms with Crippen LogP contribution in [-0.2, 0) is 10.3 Å². The number of nitrogens with two attached hydrogens (primary N) is 1. The molecule has 5 nitrogen and oxygen atoms in total. The van der Waals surface area contributed by atoms with Crippen LogP contribution < -0.4 is 10.5 Å². The van der Waals surface area contributed by atoms with Crippen molar-refractivity contribution in [3.8, 4) is 33.8 Å². The lowest BCUT2D eigenvalue weighted by Gasteiger charge is -2.34. The van der Waals surface area contributed by atoms with E-state index < -0.39 is 11.4 Å². The first-order valence-corrected chi connectivity index (χ1v) is 11.8. The van der Waals surface area contributed by atoms with Gasteiger partial charge in [0.25, 0.3) is 5.91 Å². The highest BCUT2D eigenvalue weighted by atomic mass is 35.5. The number of benzene rings is 4. The Morgan fingerprint density at radius 2 is 1.61 bits per heavy atom. The van der Waals surface area contributed by atoms with E-state index in [9.17, 15) is 4.79 Å². The highest BCUT2D eigenvalue weighted by molar-refractivity contribution is 6.30. The van der Waals surface area contributed by atoms with Crippen molar-refractivity contribution in [3.05, 3.63) is 106 Å². The van der Waals surface area contributed by atoms with Crippen molar-refractivity contribution in [2.24, 2.45) is 10.7 Å². The summed E-state index contributed by atoms with van der Waals surface area (Å²) >= 11 is 6.22. The average Bonchev–Trinajstić information content (AvgIpc) is 3.09. The van der Waals surface area contributed by atoms with Crippen LogP contribution in [-0.4, -0.2) is 23.8 Å². The molecule has 7 heteroatoms. The minimum Gasteiger partial charge on any atom is -0.453 e. The van der Waals surface area contributed by atoms with Crippen LogP contribution in [0.25, 0.3) is 22.3 Å². The number of fused-ring (bicyclic) bond motifs is 4. The number of carbonyl (C=O) groups is 1. The van der Waals surface area contributed by atoms with Gasteiger partial charge in [0.1, 0.15) is 5.75 Å². The summed E-state index contributed by atoms with van der Waals surface area (Å²) < 4.78 is 21.6. The molecule has 0 saturated heterocycles. The number of halogens is 2. The molecule has 0 fully saturated rings. The van der Waals surface area contributed by atoms with E-state index in [1.807, 2.05) is 61.5 Å². The number of hydrogen-bond donors (Lipinski definition) is 1. The molecular weight excluding hydrogens is 477 g/mol. The van der Waals surface area contributed by atoms with E-state index in [0.717, 1.165) is 22.3 Å². The number of guanidine groups is 1. The molecule has 2 heterocycles. The second-order valence-electron chi connectivity index (χ2n) is 9.07. The van der Waals surface area contributed by atoms with E-state index in [1.54, 1.807) is 25.2 Å². The Hall–Kier alpha value is -4.16. The lowest BCUT2D eigenvalue weighted by Crippen LogP contribution is -2.42. The Kier molecular flexibility index (Phi) is 4.92. The maximum absolute atomic E-state index is 15.6. The van der Waals surface area contributed by atoms with Crippen LogP contribution in [0.15, 0.2) is 83.9 Å². The molecule has 0 bridgehead atoms. The van der Waals surface area contributed by atoms with Crippen LogP contribution in [0.2, 0.25) is 5.02 Å². The van der Waals surface area contributed by atoms with Gasteiger partial charge in [0.2, 0.25) is 5.54 Å². The van der Waals surface area contributed by atoms with Crippen molar-refractivity contribution >= 4 is 23.5 Å². The molecule has 1 unspecified atom stereocenters. The molecule has 4 aromatic carbocycles. The fraction of sp³-hybridized carbons (Fsp3) is 0.103. The zero-order valence-electron chi connectivity index (χ0n) is 19.5. The standard InChI is InChI=1S/C29H21ClFN3O2/c1-16-6-8-17(9-7-16)20-14-23-26(24(31)15-20)36-25-11-10-19(18-4-3-5-21(30)12-18)13-22(25)29(23)27(35)34(2)28(32)33-29/h3-15H,1-2H3,(H2,32,33). The monoisotopic (exact) mass is 497 g/mol. The third-order valence-electron chi connectivity index (χ3n) is 6.80. The molecule has 0 radical (unpaired) electrons. The summed E-state index contributed by atoms with van der Waals surface area (Å²) in [5.74, 6) is -0.602. The van der Waals surface area contributed by atoms with Gasteiger partial charge >= 0.3 is 0 Å². The third-order valence-corrected chi connectivity index (χ3v) is 7.03. The lowest BCUT2D eigenvalue weighted by molar-refractivity contribution is -0.129. The zero-order chi connectivity index (χ0) is 25.2. The largest absolute Gasteiger partial charge is 0.453 e. The molecule has 1 atom stereocenters. The number of carbonyl (C=O) groups excluding carboxylic acids is 1. The van der Waals surface area contributed by atoms with E-state index >= 15 is 4.39 Å². The van der Waals surface area contributed by atoms with E-state index in [-0.39, 0.29) is 17.6 Å². The first-order chi connectivity index (χ1) is 17.3. The summed E-state index contributed by atoms with van der Waals surface area (Å²) in [7, 11) is 1.56. The van der Waals surface area contributed by atoms with Crippen LogP contribution in [0.1, 0.15) is 16.7 Å². The second-order valence-corrected chi connectivity index (χ2v) is 9.51. The van der Waals surface area contributed by atoms with Crippen LogP contribution in [0.3, 0.4) is 0 Å². The van der Waals surface area contributed by atoms with Crippen molar-refractivity contribution in [2.75, 3.05) is 7.05 Å². The van der Waals surface area contributed by atoms with E-state index in [2.05, 4.69) is 4.99 Å². The summed E-state index contributed by atoms with van der Waals surface area (Å²) in [6.45, 7) is 1.99. The van der Waals surface area contributed by atoms with E-state index in [4.69, 9.17) is 22.1 Å². The number of aliphatic imine (C=N–C) groups is 1. The molecule has 36 heavy (non-hydrogen) atoms. The van der Waals surface area contributed by atoms with Gasteiger partial charge in [-0.1, -0.05) is 59.6 Å². The van der Waals surface area contributed by atoms with E-state index in [1.165, 1.54) is 11.0 Å². The highest BCUT2D eigenvalue weighted by Crippen LogP contribution is 2.54. The van der Waals surface area contributed by atoms with Gasteiger partial charge in [-0.2, -0.15) is 0 Å². The van der Waals surface area contributed by atoms with Crippen molar-refractivity contribution in [1.29, 1.82) is 0 Å². The second kappa shape index (κ2) is 7.93. The first-order valence-electron chi connectivity index (χ1n) is 11.4. The van der Waals surface area contributed by atoms with Gasteiger partial charge in [-0.15, -0.1) is 0 Å². The zero-order valence-corrected chi connectivity index (χ0v) is 20.3. The molecule has 1 amide bonds. The Balaban J connectivity index is 1.62. The molecule has 1 spiro atoms. The number of aryl methyl sites for hydroxylation is 1. The molecule has 0 aliphatic carbocycles. The van der Waals surface area contributed by atoms with Crippen molar-refractivity contribution in [1.82, 2.24) is 4.90 Å². The molecular formula is C29H21ClFN3O2. The van der Waals surface area contributed by atoms with Crippen molar-refractivity contribution in [3.63, 3.8) is 0 Å². The van der Waals surface area contributed by atoms with Crippen LogP contribution >= 0.6 is 11.6 Å². The Morgan fingerprint density at radius 1 is 0.917 bits per heavy atom. The molecule has 6 rings (SSSR count). The number of ether oxygens (including phenoxy) is 1. The van der Waals surface area contributed by atoms with Gasteiger partial charge < -0.3 is 10.5 Å². The smallest absolute Gasteiger partial charge is 0.266 e. The van der Waals surface area contributed by atoms with E-state index in [0.29, 0.717) is 27.5 Å². The molecule has 2 N–H and O–H groups in total. The van der Waals surface area contributed by atoms with Gasteiger partial charge in [0.05, 0.1) is 0 Å². The quantitative estimate of drug-likeness (QED) is 0.355. The fourth-order valence-electron chi connectivity index (χ4n) is 4.88. The molecule has 0 saturated carbocycles. The molecule has 2 aliphatic rings. The van der Waals surface area contributed by atoms with Crippen molar-refractivity contribution < 1.29 is 13.9 Å². The number of amides is 1. The molecule has 2 aliphatic heterocycles. The minimum absolute atomic E-state index is 0.0333. The summed E-state index contributed by atoms with van der Waals surface area (Å²) in [4.78, 5) is 19.8. The van der Waals surface area contributed by atoms with Crippen LogP contribution in [0.4, 0.5) is 4.39 Å². The maximum Gasteiger partial charge on any atom is 0.266 e. The third kappa shape index (κ3) is 3.22. The maximum atomic E-state index is 15.6. The van der Waals surface area contributed by atoms with Crippen LogP contribution in [0, 0.1) is 12.7 Å². The minimum atomic E-state index is -1.59. The van der Waals surface area contributed by atoms with Gasteiger partial charge in [-0.3, -0.25) is 9.69 Å². The molecule has 178 valence electrons. The van der Waals surface area contributed by atoms with Gasteiger partial charge in [0.15, 0.2) is 17.5 Å². The number of nitrogens with zero attached hydrogens (tertiary/aromatic N) is 2. The Morgan fingerprint density at radius 3 is 2.31 bits per heavy atom. The van der Waals surface area contributed by atoms with Gasteiger partial charge in [-0.05, 0) is 65.6 Å². The number of rotatable bonds is 2. The summed E-state index contributed by atoms with van der Waals surface area (Å²) in [6, 6.07) is 23.7. The number of likely N-dealkylation sites (N-methyl/N-ethyl adjacent to an activating group) is 1. The van der Waals surface area contributed by atoms with Crippen molar-refractivity contribution in [2.45, 2.75) is 12.5 Å². The van der Waals surface area contributed by atoms with Gasteiger partial charge in [-0.25, -0.2) is 9.38 Å². The normalized spacial score (nSPS) is 18.1. The lowest BCUT2D eigenvalue weighted by atomic mass is 9.78. The Bertz CT molecular complexity index is 1600. The molecule has 0 aromatic heterocycles. The summed E-state index contributed by atoms with van der Waals surface area (Å²) in [5.41, 5.74) is 9.57. The summed E-state index contributed by atoms with van der Waals surface area (Å²) in [5, 5.41) is 0.588. The SMILES string of the molecule is Cc1ccc(-c2cc(F)c3c(c2)C2(N=C(N)N(C)C2=O)c2cc(-c4cccc(Cl)c4)ccc2O3)cc1. The fourth-order valence-corrected chi connectivity index (χ4v) is 5.07. The predicted octanol–water partition coefficient (Wildman–Crippen LogP) is 6.26. The van der Waals surface area contributed by atoms with Crippen LogP contribution in [0.5, 0.6) is 11.5 Å². The average molecular weight is 498 g/mol. The molecule has 4 aromatic rings. The summed E-state index contributed by atoms with van der Waals surface area (Å²) in [6.07, 6.45) is 0. The topological polar surface area (TPSA) is 67.9 Å². The first kappa shape index (κ1) is 22.3. The predicted molar refractivity (Wildman–Crippen MR) is 139 cm³/mol. The highest BCUT2D eigenvalue weighted by Gasteiger charge is 2.55. The number of hydrogen-bond acceptors (Lipinski definition) is 4.